The van der Waals surface area contributed by atoms with E-state index in [1.165, 1.54) is 0 Å². The number of hydrogen-bond acceptors (Lipinski definition) is 4. The van der Waals surface area contributed by atoms with Gasteiger partial charge in [0.1, 0.15) is 11.3 Å². The second-order valence-corrected chi connectivity index (χ2v) is 5.64. The zero-order valence-corrected chi connectivity index (χ0v) is 13.9. The van der Waals surface area contributed by atoms with Gasteiger partial charge in [0.15, 0.2) is 5.84 Å². The van der Waals surface area contributed by atoms with Crippen molar-refractivity contribution in [3.63, 3.8) is 0 Å². The predicted octanol–water partition coefficient (Wildman–Crippen LogP) is 2.99. The number of oxime groups is 1. The lowest BCUT2D eigenvalue weighted by atomic mass is 10.1. The lowest BCUT2D eigenvalue weighted by Gasteiger charge is -2.11. The summed E-state index contributed by atoms with van der Waals surface area (Å²) in [5.41, 5.74) is 8.95. The summed E-state index contributed by atoms with van der Waals surface area (Å²) in [6.07, 6.45) is 0. The molecule has 6 nitrogen and oxygen atoms in total. The van der Waals surface area contributed by atoms with Crippen LogP contribution < -0.4 is 10.5 Å². The molecule has 3 N–H and O–H groups in total. The van der Waals surface area contributed by atoms with E-state index in [9.17, 15) is 0 Å². The number of benzene rings is 1. The van der Waals surface area contributed by atoms with Gasteiger partial charge in [-0.3, -0.25) is 0 Å². The third-order valence-electron chi connectivity index (χ3n) is 3.16. The molecule has 0 bridgehead atoms. The summed E-state index contributed by atoms with van der Waals surface area (Å²) < 4.78 is 8.52. The van der Waals surface area contributed by atoms with Gasteiger partial charge in [-0.25, -0.2) is 4.68 Å². The Morgan fingerprint density at radius 2 is 1.90 bits per heavy atom. The molecule has 112 valence electrons. The second kappa shape index (κ2) is 5.77. The minimum Gasteiger partial charge on any atom is -0.438 e. The Morgan fingerprint density at radius 1 is 1.33 bits per heavy atom. The summed E-state index contributed by atoms with van der Waals surface area (Å²) in [5, 5.41) is 16.2. The van der Waals surface area contributed by atoms with Crippen LogP contribution in [-0.4, -0.2) is 20.8 Å². The van der Waals surface area contributed by atoms with Gasteiger partial charge < -0.3 is 15.7 Å². The predicted molar refractivity (Wildman–Crippen MR) is 84.1 cm³/mol. The molecule has 0 saturated carbocycles. The van der Waals surface area contributed by atoms with Crippen molar-refractivity contribution in [3.05, 3.63) is 39.0 Å². The van der Waals surface area contributed by atoms with Gasteiger partial charge in [0, 0.05) is 11.5 Å². The highest BCUT2D eigenvalue weighted by atomic mass is 79.9. The second-order valence-electron chi connectivity index (χ2n) is 4.85. The van der Waals surface area contributed by atoms with Crippen LogP contribution in [0.4, 0.5) is 0 Å². The van der Waals surface area contributed by atoms with Crippen molar-refractivity contribution in [3.8, 4) is 11.6 Å². The largest absolute Gasteiger partial charge is 0.438 e. The maximum absolute atomic E-state index is 8.90. The van der Waals surface area contributed by atoms with Gasteiger partial charge in [0.25, 0.3) is 0 Å². The highest BCUT2D eigenvalue weighted by Gasteiger charge is 2.19. The van der Waals surface area contributed by atoms with E-state index in [1.807, 2.05) is 26.0 Å². The standard InChI is InChI=1S/C14H17BrN4O2/c1-7-5-10(6-8(2)12(7)15)21-14-11(13(16)18-20)9(3)17-19(14)4/h5-6,20H,1-4H3,(H2,16,18). The molecule has 0 aliphatic rings. The van der Waals surface area contributed by atoms with E-state index in [0.29, 0.717) is 22.9 Å². The SMILES string of the molecule is Cc1cc(Oc2c(/C(N)=N/O)c(C)nn2C)cc(C)c1Br. The fourth-order valence-corrected chi connectivity index (χ4v) is 2.40. The number of aromatic nitrogens is 2. The topological polar surface area (TPSA) is 85.7 Å². The van der Waals surface area contributed by atoms with Crippen LogP contribution in [0.25, 0.3) is 0 Å². The van der Waals surface area contributed by atoms with Crippen LogP contribution in [0.3, 0.4) is 0 Å². The number of nitrogens with zero attached hydrogens (tertiary/aromatic N) is 3. The van der Waals surface area contributed by atoms with E-state index in [4.69, 9.17) is 15.7 Å². The maximum atomic E-state index is 8.90. The molecule has 1 aromatic carbocycles. The third-order valence-corrected chi connectivity index (χ3v) is 4.41. The normalized spacial score (nSPS) is 11.8. The Hall–Kier alpha value is -2.02. The molecule has 1 aromatic heterocycles. The van der Waals surface area contributed by atoms with Crippen molar-refractivity contribution < 1.29 is 9.94 Å². The molecule has 1 heterocycles. The quantitative estimate of drug-likeness (QED) is 0.384. The molecule has 0 saturated heterocycles. The summed E-state index contributed by atoms with van der Waals surface area (Å²) in [4.78, 5) is 0. The number of halogens is 1. The van der Waals surface area contributed by atoms with Crippen LogP contribution in [0.15, 0.2) is 21.8 Å². The van der Waals surface area contributed by atoms with Crippen LogP contribution in [-0.2, 0) is 7.05 Å². The van der Waals surface area contributed by atoms with Crippen LogP contribution >= 0.6 is 15.9 Å². The Labute approximate surface area is 131 Å². The molecule has 2 rings (SSSR count). The highest BCUT2D eigenvalue weighted by molar-refractivity contribution is 9.10. The minimum atomic E-state index is -0.0267. The molecule has 0 aliphatic heterocycles. The monoisotopic (exact) mass is 352 g/mol. The summed E-state index contributed by atoms with van der Waals surface area (Å²) in [6.45, 7) is 5.75. The molecule has 21 heavy (non-hydrogen) atoms. The number of rotatable bonds is 3. The van der Waals surface area contributed by atoms with E-state index >= 15 is 0 Å². The lowest BCUT2D eigenvalue weighted by molar-refractivity contribution is 0.318. The first-order valence-corrected chi connectivity index (χ1v) is 7.10. The van der Waals surface area contributed by atoms with Gasteiger partial charge in [-0.1, -0.05) is 21.1 Å². The maximum Gasteiger partial charge on any atom is 0.229 e. The lowest BCUT2D eigenvalue weighted by Crippen LogP contribution is -2.15. The highest BCUT2D eigenvalue weighted by Crippen LogP contribution is 2.31. The van der Waals surface area contributed by atoms with Gasteiger partial charge in [-0.2, -0.15) is 5.10 Å². The Balaban J connectivity index is 2.50. The number of hydrogen-bond donors (Lipinski definition) is 2. The summed E-state index contributed by atoms with van der Waals surface area (Å²) >= 11 is 3.52. The average Bonchev–Trinajstić information content (AvgIpc) is 2.69. The Bertz CT molecular complexity index is 699. The van der Waals surface area contributed by atoms with Crippen molar-refractivity contribution in [2.45, 2.75) is 20.8 Å². The Morgan fingerprint density at radius 3 is 2.43 bits per heavy atom. The van der Waals surface area contributed by atoms with E-state index < -0.39 is 0 Å². The third kappa shape index (κ3) is 2.87. The van der Waals surface area contributed by atoms with E-state index in [2.05, 4.69) is 26.2 Å². The summed E-state index contributed by atoms with van der Waals surface area (Å²) in [6, 6.07) is 3.82. The molecule has 0 unspecified atom stereocenters. The molecule has 0 fully saturated rings. The smallest absolute Gasteiger partial charge is 0.229 e. The molecule has 0 atom stereocenters. The number of ether oxygens (including phenoxy) is 1. The number of nitrogens with two attached hydrogens (primary N) is 1. The molecule has 0 spiro atoms. The average molecular weight is 353 g/mol. The van der Waals surface area contributed by atoms with Gasteiger partial charge >= 0.3 is 0 Å². The summed E-state index contributed by atoms with van der Waals surface area (Å²) in [7, 11) is 1.75. The van der Waals surface area contributed by atoms with Gasteiger partial charge in [-0.15, -0.1) is 0 Å². The van der Waals surface area contributed by atoms with Crippen LogP contribution in [0, 0.1) is 20.8 Å². The van der Waals surface area contributed by atoms with E-state index in [0.717, 1.165) is 15.6 Å². The molecule has 0 radical (unpaired) electrons. The number of aryl methyl sites for hydroxylation is 4. The number of amidine groups is 1. The van der Waals surface area contributed by atoms with Crippen molar-refractivity contribution >= 4 is 21.8 Å². The van der Waals surface area contributed by atoms with Crippen LogP contribution in [0.1, 0.15) is 22.4 Å². The van der Waals surface area contributed by atoms with Crippen molar-refractivity contribution in [2.75, 3.05) is 0 Å². The van der Waals surface area contributed by atoms with Crippen LogP contribution in [0.2, 0.25) is 0 Å². The van der Waals surface area contributed by atoms with Crippen LogP contribution in [0.5, 0.6) is 11.6 Å². The molecular formula is C14H17BrN4O2. The fraction of sp³-hybridized carbons (Fsp3) is 0.286. The zero-order valence-electron chi connectivity index (χ0n) is 12.3. The molecule has 7 heteroatoms. The molecular weight excluding hydrogens is 336 g/mol. The fourth-order valence-electron chi connectivity index (χ4n) is 2.18. The first-order chi connectivity index (χ1) is 9.85. The minimum absolute atomic E-state index is 0.0267. The molecule has 2 aromatic rings. The Kier molecular flexibility index (Phi) is 4.22. The first-order valence-electron chi connectivity index (χ1n) is 6.31. The van der Waals surface area contributed by atoms with Crippen molar-refractivity contribution in [1.29, 1.82) is 0 Å². The molecule has 0 aliphatic carbocycles. The van der Waals surface area contributed by atoms with Gasteiger partial charge in [0.2, 0.25) is 5.88 Å². The van der Waals surface area contributed by atoms with E-state index in [-0.39, 0.29) is 5.84 Å². The van der Waals surface area contributed by atoms with Gasteiger partial charge in [-0.05, 0) is 44.0 Å². The molecule has 0 amide bonds. The van der Waals surface area contributed by atoms with Crippen molar-refractivity contribution in [2.24, 2.45) is 17.9 Å². The summed E-state index contributed by atoms with van der Waals surface area (Å²) in [5.74, 6) is 1.08. The van der Waals surface area contributed by atoms with Crippen molar-refractivity contribution in [1.82, 2.24) is 9.78 Å². The first kappa shape index (κ1) is 15.4. The zero-order chi connectivity index (χ0) is 15.7. The van der Waals surface area contributed by atoms with E-state index in [1.54, 1.807) is 18.7 Å². The van der Waals surface area contributed by atoms with Gasteiger partial charge in [0.05, 0.1) is 5.69 Å².